The third-order valence-corrected chi connectivity index (χ3v) is 1.76. The molecule has 1 N–H and O–H groups in total. The van der Waals surface area contributed by atoms with Gasteiger partial charge in [0.15, 0.2) is 0 Å². The second kappa shape index (κ2) is 3.54. The molecule has 1 nitrogen and oxygen atoms in total. The van der Waals surface area contributed by atoms with Gasteiger partial charge in [-0.1, -0.05) is 0 Å². The van der Waals surface area contributed by atoms with Gasteiger partial charge in [0, 0.05) is 0 Å². The second-order valence-electron chi connectivity index (χ2n) is 1.05. The van der Waals surface area contributed by atoms with E-state index in [2.05, 4.69) is 27.8 Å². The molecule has 0 aromatic rings. The Bertz CT molecular complexity index is 45.5. The van der Waals surface area contributed by atoms with E-state index in [1.165, 1.54) is 4.54 Å². The zero-order valence-corrected chi connectivity index (χ0v) is 6.03. The summed E-state index contributed by atoms with van der Waals surface area (Å²) in [5, 5.41) is 3.00. The molecule has 0 aromatic heterocycles. The first-order valence-corrected chi connectivity index (χ1v) is 2.97. The van der Waals surface area contributed by atoms with Crippen LogP contribution in [0.4, 0.5) is 0 Å². The molecule has 0 saturated carbocycles. The summed E-state index contributed by atoms with van der Waals surface area (Å²) in [5.74, 6) is 0. The first kappa shape index (κ1) is 6.35. The molecule has 0 spiro atoms. The molecule has 2 heteroatoms. The summed E-state index contributed by atoms with van der Waals surface area (Å²) in [6.45, 7) is 2.12. The quantitative estimate of drug-likeness (QED) is 0.532. The van der Waals surface area contributed by atoms with E-state index in [0.29, 0.717) is 0 Å². The van der Waals surface area contributed by atoms with E-state index < -0.39 is 0 Å². The van der Waals surface area contributed by atoms with Crippen molar-refractivity contribution in [2.75, 3.05) is 7.05 Å². The fourth-order valence-corrected chi connectivity index (χ4v) is 0.177. The summed E-state index contributed by atoms with van der Waals surface area (Å²) < 4.78 is 1.28. The van der Waals surface area contributed by atoms with Crippen molar-refractivity contribution in [3.63, 3.8) is 0 Å². The zero-order valence-electron chi connectivity index (χ0n) is 4.15. The van der Waals surface area contributed by atoms with Crippen molar-refractivity contribution < 1.29 is 0 Å². The first-order chi connectivity index (χ1) is 2.81. The van der Waals surface area contributed by atoms with Crippen LogP contribution in [0, 0.1) is 0 Å². The number of hydrogen-bond acceptors (Lipinski definition) is 1. The van der Waals surface area contributed by atoms with Crippen molar-refractivity contribution in [1.29, 1.82) is 0 Å². The molecule has 0 bridgehead atoms. The van der Waals surface area contributed by atoms with Gasteiger partial charge in [-0.25, -0.2) is 0 Å². The van der Waals surface area contributed by atoms with Gasteiger partial charge in [-0.3, -0.25) is 0 Å². The van der Waals surface area contributed by atoms with Gasteiger partial charge in [0.25, 0.3) is 0 Å². The van der Waals surface area contributed by atoms with Crippen molar-refractivity contribution in [2.24, 2.45) is 0 Å². The number of nitrogens with one attached hydrogen (secondary N) is 1. The van der Waals surface area contributed by atoms with Crippen LogP contribution in [0.15, 0.2) is 0 Å². The molecule has 0 aliphatic rings. The Morgan fingerprint density at radius 1 is 1.83 bits per heavy atom. The van der Waals surface area contributed by atoms with Crippen LogP contribution >= 0.6 is 0 Å². The van der Waals surface area contributed by atoms with E-state index in [1.54, 1.807) is 0 Å². The van der Waals surface area contributed by atoms with Crippen LogP contribution < -0.4 is 5.32 Å². The molecule has 0 heterocycles. The average Bonchev–Trinajstić information content (AvgIpc) is 1.65. The number of rotatable bonds is 2. The van der Waals surface area contributed by atoms with Crippen molar-refractivity contribution >= 4 is 20.1 Å². The molecule has 0 aliphatic heterocycles. The van der Waals surface area contributed by atoms with Gasteiger partial charge in [-0.2, -0.15) is 0 Å². The predicted molar refractivity (Wildman–Crippen MR) is 31.5 cm³/mol. The van der Waals surface area contributed by atoms with Gasteiger partial charge >= 0.3 is 45.8 Å². The Morgan fingerprint density at radius 3 is 2.33 bits per heavy atom. The molecule has 0 aromatic carbocycles. The van der Waals surface area contributed by atoms with Crippen LogP contribution in [-0.2, 0) is 0 Å². The molecule has 1 radical (unpaired) electrons. The van der Waals surface area contributed by atoms with E-state index in [-0.39, 0.29) is 0 Å². The number of hydrogen-bond donors (Lipinski definition) is 1. The monoisotopic (exact) mass is 152 g/mol. The second-order valence-corrected chi connectivity index (χ2v) is 2.18. The minimum absolute atomic E-state index is 1.11. The van der Waals surface area contributed by atoms with Crippen molar-refractivity contribution in [3.05, 3.63) is 0 Å². The summed E-state index contributed by atoms with van der Waals surface area (Å²) >= 11 is 2.48. The molecule has 0 fully saturated rings. The standard InChI is InChI=1S/C4H10NSe/c1-3-4(6)5-2/h5-6H,3H2,1-2H3. The van der Waals surface area contributed by atoms with E-state index >= 15 is 0 Å². The summed E-state index contributed by atoms with van der Waals surface area (Å²) in [5.41, 5.74) is 0. The Labute approximate surface area is 46.5 Å². The van der Waals surface area contributed by atoms with E-state index in [1.807, 2.05) is 7.05 Å². The summed E-state index contributed by atoms with van der Waals surface area (Å²) in [6.07, 6.45) is 1.11. The van der Waals surface area contributed by atoms with Crippen molar-refractivity contribution in [2.45, 2.75) is 13.3 Å². The Balaban J connectivity index is 2.99. The third kappa shape index (κ3) is 2.58. The van der Waals surface area contributed by atoms with Crippen LogP contribution in [-0.4, -0.2) is 27.2 Å². The molecule has 0 atom stereocenters. The Morgan fingerprint density at radius 2 is 2.33 bits per heavy atom. The molecule has 0 saturated heterocycles. The fourth-order valence-electron chi connectivity index (χ4n) is 0.177. The van der Waals surface area contributed by atoms with Crippen LogP contribution in [0.2, 0.25) is 0 Å². The van der Waals surface area contributed by atoms with Gasteiger partial charge in [0.1, 0.15) is 0 Å². The topological polar surface area (TPSA) is 12.0 Å². The van der Waals surface area contributed by atoms with Gasteiger partial charge in [0.2, 0.25) is 0 Å². The minimum atomic E-state index is 1.11. The molecule has 0 rings (SSSR count). The van der Waals surface area contributed by atoms with Crippen molar-refractivity contribution in [1.82, 2.24) is 5.32 Å². The third-order valence-electron chi connectivity index (χ3n) is 0.623. The summed E-state index contributed by atoms with van der Waals surface area (Å²) in [7, 11) is 1.93. The molecule has 0 unspecified atom stereocenters. The van der Waals surface area contributed by atoms with Crippen LogP contribution in [0.5, 0.6) is 0 Å². The first-order valence-electron chi connectivity index (χ1n) is 2.03. The summed E-state index contributed by atoms with van der Waals surface area (Å²) in [6, 6.07) is 0. The Hall–Kier alpha value is 0.349. The normalized spacial score (nSPS) is 8.33. The SMILES string of the molecule is CCC(=[SeH])NC. The van der Waals surface area contributed by atoms with E-state index in [4.69, 9.17) is 0 Å². The Kier molecular flexibility index (Phi) is 3.74. The molecule has 0 aliphatic carbocycles. The van der Waals surface area contributed by atoms with Crippen molar-refractivity contribution in [3.8, 4) is 0 Å². The predicted octanol–water partition coefficient (Wildman–Crippen LogP) is -0.354. The van der Waals surface area contributed by atoms with Gasteiger partial charge < -0.3 is 0 Å². The van der Waals surface area contributed by atoms with Crippen LogP contribution in [0.25, 0.3) is 0 Å². The molecule has 6 heavy (non-hydrogen) atoms. The molecular formula is C4H10NSe. The van der Waals surface area contributed by atoms with Crippen LogP contribution in [0.3, 0.4) is 0 Å². The molecular weight excluding hydrogens is 141 g/mol. The maximum absolute atomic E-state index is 3.00. The average molecular weight is 151 g/mol. The van der Waals surface area contributed by atoms with Crippen LogP contribution in [0.1, 0.15) is 13.3 Å². The fraction of sp³-hybridized carbons (Fsp3) is 0.750. The van der Waals surface area contributed by atoms with Gasteiger partial charge in [-0.15, -0.1) is 0 Å². The summed E-state index contributed by atoms with van der Waals surface area (Å²) in [4.78, 5) is 0. The molecule has 37 valence electrons. The zero-order chi connectivity index (χ0) is 4.99. The van der Waals surface area contributed by atoms with E-state index in [0.717, 1.165) is 6.42 Å². The maximum atomic E-state index is 3.00. The van der Waals surface area contributed by atoms with Gasteiger partial charge in [0.05, 0.1) is 0 Å². The van der Waals surface area contributed by atoms with Gasteiger partial charge in [-0.05, 0) is 0 Å². The van der Waals surface area contributed by atoms with E-state index in [9.17, 15) is 0 Å². The molecule has 0 amide bonds.